The fourth-order valence-corrected chi connectivity index (χ4v) is 1.42. The zero-order valence-corrected chi connectivity index (χ0v) is 10.5. The molecular formula is C13H16F3NO. The van der Waals surface area contributed by atoms with Gasteiger partial charge in [-0.25, -0.2) is 0 Å². The van der Waals surface area contributed by atoms with E-state index in [2.05, 4.69) is 5.32 Å². The Hall–Kier alpha value is -1.52. The first-order valence-electron chi connectivity index (χ1n) is 5.53. The van der Waals surface area contributed by atoms with E-state index in [1.165, 1.54) is 12.1 Å². The van der Waals surface area contributed by atoms with Crippen LogP contribution in [0.2, 0.25) is 0 Å². The summed E-state index contributed by atoms with van der Waals surface area (Å²) >= 11 is 0. The van der Waals surface area contributed by atoms with Crippen molar-refractivity contribution in [1.29, 1.82) is 0 Å². The maximum Gasteiger partial charge on any atom is 0.416 e. The molecular weight excluding hydrogens is 243 g/mol. The van der Waals surface area contributed by atoms with Crippen molar-refractivity contribution in [1.82, 2.24) is 0 Å². The summed E-state index contributed by atoms with van der Waals surface area (Å²) in [5.41, 5.74) is -0.807. The summed E-state index contributed by atoms with van der Waals surface area (Å²) in [6.07, 6.45) is -3.67. The lowest BCUT2D eigenvalue weighted by atomic mass is 9.87. The van der Waals surface area contributed by atoms with Gasteiger partial charge in [-0.05, 0) is 23.6 Å². The molecule has 0 heterocycles. The molecule has 0 spiro atoms. The van der Waals surface area contributed by atoms with E-state index in [1.807, 2.05) is 20.8 Å². The summed E-state index contributed by atoms with van der Waals surface area (Å²) in [6.45, 7) is 5.52. The maximum atomic E-state index is 12.5. The fourth-order valence-electron chi connectivity index (χ4n) is 1.42. The van der Waals surface area contributed by atoms with E-state index in [0.29, 0.717) is 6.29 Å². The van der Waals surface area contributed by atoms with E-state index in [1.54, 1.807) is 0 Å². The Labute approximate surface area is 104 Å². The van der Waals surface area contributed by atoms with Gasteiger partial charge in [0.25, 0.3) is 0 Å². The topological polar surface area (TPSA) is 29.1 Å². The van der Waals surface area contributed by atoms with E-state index in [4.69, 9.17) is 0 Å². The van der Waals surface area contributed by atoms with Crippen LogP contribution in [-0.4, -0.2) is 12.3 Å². The Kier molecular flexibility index (Phi) is 4.04. The fraction of sp³-hybridized carbons (Fsp3) is 0.462. The number of carbonyl (C=O) groups excluding carboxylic acids is 1. The molecule has 0 radical (unpaired) electrons. The van der Waals surface area contributed by atoms with Crippen molar-refractivity contribution >= 4 is 12.0 Å². The number of aldehydes is 1. The van der Waals surface area contributed by atoms with Gasteiger partial charge in [0.1, 0.15) is 6.29 Å². The molecule has 0 saturated carbocycles. The Bertz CT molecular complexity index is 421. The highest BCUT2D eigenvalue weighted by Crippen LogP contribution is 2.31. The van der Waals surface area contributed by atoms with Crippen LogP contribution in [0.15, 0.2) is 24.3 Å². The predicted octanol–water partition coefficient (Wildman–Crippen LogP) is 3.73. The van der Waals surface area contributed by atoms with Gasteiger partial charge in [0, 0.05) is 5.69 Å². The molecule has 18 heavy (non-hydrogen) atoms. The van der Waals surface area contributed by atoms with Gasteiger partial charge < -0.3 is 10.1 Å². The maximum absolute atomic E-state index is 12.5. The van der Waals surface area contributed by atoms with Crippen LogP contribution in [-0.2, 0) is 11.0 Å². The number of hydrogen-bond donors (Lipinski definition) is 1. The number of benzene rings is 1. The minimum atomic E-state index is -4.38. The Balaban J connectivity index is 2.95. The molecule has 2 nitrogen and oxygen atoms in total. The van der Waals surface area contributed by atoms with Crippen LogP contribution in [0, 0.1) is 5.41 Å². The van der Waals surface area contributed by atoms with Crippen molar-refractivity contribution in [2.45, 2.75) is 33.0 Å². The van der Waals surface area contributed by atoms with Gasteiger partial charge in [-0.1, -0.05) is 26.8 Å². The van der Waals surface area contributed by atoms with Gasteiger partial charge in [-0.15, -0.1) is 0 Å². The first kappa shape index (κ1) is 14.5. The quantitative estimate of drug-likeness (QED) is 0.838. The highest BCUT2D eigenvalue weighted by atomic mass is 19.4. The molecule has 1 rings (SSSR count). The van der Waals surface area contributed by atoms with Crippen molar-refractivity contribution in [3.8, 4) is 0 Å². The van der Waals surface area contributed by atoms with Crippen molar-refractivity contribution in [3.63, 3.8) is 0 Å². The number of carbonyl (C=O) groups is 1. The molecule has 1 aromatic rings. The van der Waals surface area contributed by atoms with Crippen LogP contribution < -0.4 is 5.32 Å². The lowest BCUT2D eigenvalue weighted by Gasteiger charge is -2.27. The number of nitrogens with one attached hydrogen (secondary N) is 1. The third-order valence-corrected chi connectivity index (χ3v) is 2.58. The molecule has 1 N–H and O–H groups in total. The first-order chi connectivity index (χ1) is 8.14. The number of anilines is 1. The van der Waals surface area contributed by atoms with Gasteiger partial charge in [-0.2, -0.15) is 13.2 Å². The van der Waals surface area contributed by atoms with Crippen LogP contribution in [0.3, 0.4) is 0 Å². The van der Waals surface area contributed by atoms with Crippen molar-refractivity contribution in [3.05, 3.63) is 29.8 Å². The van der Waals surface area contributed by atoms with Gasteiger partial charge in [-0.3, -0.25) is 0 Å². The van der Waals surface area contributed by atoms with E-state index in [9.17, 15) is 18.0 Å². The van der Waals surface area contributed by atoms with Crippen LogP contribution in [0.5, 0.6) is 0 Å². The summed E-state index contributed by atoms with van der Waals surface area (Å²) in [5, 5.41) is 2.81. The number of alkyl halides is 3. The minimum Gasteiger partial charge on any atom is -0.375 e. The third-order valence-electron chi connectivity index (χ3n) is 2.58. The third kappa shape index (κ3) is 3.75. The lowest BCUT2D eigenvalue weighted by Crippen LogP contribution is -2.35. The number of rotatable bonds is 3. The smallest absolute Gasteiger partial charge is 0.375 e. The zero-order valence-electron chi connectivity index (χ0n) is 10.5. The second-order valence-corrected chi connectivity index (χ2v) is 5.20. The zero-order chi connectivity index (χ0) is 14.0. The molecule has 1 atom stereocenters. The molecule has 0 aliphatic carbocycles. The van der Waals surface area contributed by atoms with Crippen molar-refractivity contribution in [2.24, 2.45) is 5.41 Å². The van der Waals surface area contributed by atoms with E-state index in [0.717, 1.165) is 12.1 Å². The summed E-state index contributed by atoms with van der Waals surface area (Å²) < 4.78 is 37.6. The second kappa shape index (κ2) is 5.00. The molecule has 0 fully saturated rings. The van der Waals surface area contributed by atoms with Crippen LogP contribution in [0.4, 0.5) is 18.9 Å². The average Bonchev–Trinajstić information content (AvgIpc) is 2.23. The molecule has 0 aromatic heterocycles. The molecule has 0 aliphatic rings. The first-order valence-corrected chi connectivity index (χ1v) is 5.53. The predicted molar refractivity (Wildman–Crippen MR) is 64.4 cm³/mol. The Morgan fingerprint density at radius 2 is 1.83 bits per heavy atom. The Morgan fingerprint density at radius 1 is 1.22 bits per heavy atom. The molecule has 1 unspecified atom stereocenters. The lowest BCUT2D eigenvalue weighted by molar-refractivity contribution is -0.137. The summed E-state index contributed by atoms with van der Waals surface area (Å²) in [5.74, 6) is 0. The largest absolute Gasteiger partial charge is 0.416 e. The molecule has 0 amide bonds. The molecule has 1 aromatic carbocycles. The highest BCUT2D eigenvalue weighted by molar-refractivity contribution is 5.66. The normalized spacial score (nSPS) is 14.1. The summed E-state index contributed by atoms with van der Waals surface area (Å²) in [6, 6.07) is 4.29. The standard InChI is InChI=1S/C13H16F3NO/c1-12(2,3)11(8-18)17-10-6-4-5-9(7-10)13(14,15)16/h4-8,11,17H,1-3H3. The van der Waals surface area contributed by atoms with Crippen molar-refractivity contribution < 1.29 is 18.0 Å². The highest BCUT2D eigenvalue weighted by Gasteiger charge is 2.31. The van der Waals surface area contributed by atoms with E-state index >= 15 is 0 Å². The molecule has 0 bridgehead atoms. The SMILES string of the molecule is CC(C)(C)C(C=O)Nc1cccc(C(F)(F)F)c1. The van der Waals surface area contributed by atoms with E-state index in [-0.39, 0.29) is 11.1 Å². The van der Waals surface area contributed by atoms with Crippen LogP contribution >= 0.6 is 0 Å². The summed E-state index contributed by atoms with van der Waals surface area (Å²) in [4.78, 5) is 11.0. The van der Waals surface area contributed by atoms with Crippen LogP contribution in [0.1, 0.15) is 26.3 Å². The number of halogens is 3. The summed E-state index contributed by atoms with van der Waals surface area (Å²) in [7, 11) is 0. The van der Waals surface area contributed by atoms with Gasteiger partial charge in [0.05, 0.1) is 11.6 Å². The second-order valence-electron chi connectivity index (χ2n) is 5.20. The monoisotopic (exact) mass is 259 g/mol. The minimum absolute atomic E-state index is 0.289. The molecule has 0 saturated heterocycles. The molecule has 100 valence electrons. The average molecular weight is 259 g/mol. The molecule has 5 heteroatoms. The van der Waals surface area contributed by atoms with Gasteiger partial charge >= 0.3 is 6.18 Å². The van der Waals surface area contributed by atoms with Gasteiger partial charge in [0.15, 0.2) is 0 Å². The molecule has 0 aliphatic heterocycles. The van der Waals surface area contributed by atoms with Gasteiger partial charge in [0.2, 0.25) is 0 Å². The van der Waals surface area contributed by atoms with Crippen molar-refractivity contribution in [2.75, 3.05) is 5.32 Å². The number of hydrogen-bond acceptors (Lipinski definition) is 2. The van der Waals surface area contributed by atoms with Crippen LogP contribution in [0.25, 0.3) is 0 Å². The Morgan fingerprint density at radius 3 is 2.28 bits per heavy atom. The van der Waals surface area contributed by atoms with E-state index < -0.39 is 17.8 Å².